The third kappa shape index (κ3) is 3.25. The molecule has 1 amide bonds. The summed E-state index contributed by atoms with van der Waals surface area (Å²) in [4.78, 5) is 32.3. The van der Waals surface area contributed by atoms with Gasteiger partial charge >= 0.3 is 0 Å². The summed E-state index contributed by atoms with van der Waals surface area (Å²) in [7, 11) is 0. The van der Waals surface area contributed by atoms with Gasteiger partial charge in [-0.2, -0.15) is 0 Å². The molecule has 0 fully saturated rings. The van der Waals surface area contributed by atoms with Crippen molar-refractivity contribution in [1.82, 2.24) is 5.43 Å². The van der Waals surface area contributed by atoms with Crippen molar-refractivity contribution in [2.75, 3.05) is 0 Å². The fourth-order valence-electron chi connectivity index (χ4n) is 1.18. The van der Waals surface area contributed by atoms with Crippen LogP contribution < -0.4 is 16.0 Å². The Hall–Kier alpha value is -2.48. The Kier molecular flexibility index (Phi) is 4.33. The van der Waals surface area contributed by atoms with Crippen LogP contribution in [0.2, 0.25) is 0 Å². The standard InChI is InChI=1S/C10H11N3O5/c1-6(14)9(10(15)12-11)18-8-4-2-7(3-5-8)13(16)17/h2-5,9H,11H2,1H3,(H,12,15). The number of nitrogens with two attached hydrogens (primary N) is 1. The predicted molar refractivity (Wildman–Crippen MR) is 60.5 cm³/mol. The molecule has 8 nitrogen and oxygen atoms in total. The summed E-state index contributed by atoms with van der Waals surface area (Å²) < 4.78 is 5.10. The second-order valence-electron chi connectivity index (χ2n) is 3.37. The molecule has 0 aromatic heterocycles. The number of hydrazine groups is 1. The van der Waals surface area contributed by atoms with Gasteiger partial charge in [0.15, 0.2) is 5.78 Å². The lowest BCUT2D eigenvalue weighted by atomic mass is 10.2. The van der Waals surface area contributed by atoms with Gasteiger partial charge in [0.2, 0.25) is 6.10 Å². The van der Waals surface area contributed by atoms with Gasteiger partial charge in [0.25, 0.3) is 11.6 Å². The first-order valence-corrected chi connectivity index (χ1v) is 4.87. The molecule has 0 saturated carbocycles. The monoisotopic (exact) mass is 253 g/mol. The highest BCUT2D eigenvalue weighted by atomic mass is 16.6. The maximum Gasteiger partial charge on any atom is 0.282 e. The van der Waals surface area contributed by atoms with Gasteiger partial charge in [-0.25, -0.2) is 5.84 Å². The molecular formula is C10H11N3O5. The fourth-order valence-corrected chi connectivity index (χ4v) is 1.18. The highest BCUT2D eigenvalue weighted by Gasteiger charge is 2.24. The Morgan fingerprint density at radius 3 is 2.33 bits per heavy atom. The van der Waals surface area contributed by atoms with Gasteiger partial charge in [-0.1, -0.05) is 0 Å². The topological polar surface area (TPSA) is 125 Å². The van der Waals surface area contributed by atoms with Gasteiger partial charge in [0.1, 0.15) is 5.75 Å². The minimum atomic E-state index is -1.38. The third-order valence-corrected chi connectivity index (χ3v) is 2.05. The Balaban J connectivity index is 2.85. The number of amides is 1. The summed E-state index contributed by atoms with van der Waals surface area (Å²) in [5.41, 5.74) is 1.68. The van der Waals surface area contributed by atoms with Gasteiger partial charge in [-0.15, -0.1) is 0 Å². The minimum Gasteiger partial charge on any atom is -0.473 e. The van der Waals surface area contributed by atoms with E-state index in [-0.39, 0.29) is 11.4 Å². The molecule has 3 N–H and O–H groups in total. The Morgan fingerprint density at radius 1 is 1.39 bits per heavy atom. The van der Waals surface area contributed by atoms with Crippen molar-refractivity contribution in [3.63, 3.8) is 0 Å². The number of nitrogens with one attached hydrogen (secondary N) is 1. The summed E-state index contributed by atoms with van der Waals surface area (Å²) in [5.74, 6) is 3.74. The predicted octanol–water partition coefficient (Wildman–Crippen LogP) is -0.0789. The summed E-state index contributed by atoms with van der Waals surface area (Å²) >= 11 is 0. The van der Waals surface area contributed by atoms with Crippen LogP contribution in [0.4, 0.5) is 5.69 Å². The van der Waals surface area contributed by atoms with Crippen molar-refractivity contribution in [2.45, 2.75) is 13.0 Å². The van der Waals surface area contributed by atoms with E-state index in [1.807, 2.05) is 0 Å². The molecule has 1 atom stereocenters. The van der Waals surface area contributed by atoms with Crippen molar-refractivity contribution >= 4 is 17.4 Å². The van der Waals surface area contributed by atoms with Crippen LogP contribution in [0.15, 0.2) is 24.3 Å². The van der Waals surface area contributed by atoms with Gasteiger partial charge in [-0.3, -0.25) is 25.1 Å². The van der Waals surface area contributed by atoms with E-state index in [1.165, 1.54) is 31.2 Å². The van der Waals surface area contributed by atoms with Gasteiger partial charge in [0.05, 0.1) is 4.92 Å². The second-order valence-corrected chi connectivity index (χ2v) is 3.37. The molecule has 0 aliphatic heterocycles. The average molecular weight is 253 g/mol. The highest BCUT2D eigenvalue weighted by molar-refractivity contribution is 6.03. The maximum atomic E-state index is 11.2. The number of rotatable bonds is 5. The van der Waals surface area contributed by atoms with E-state index < -0.39 is 22.7 Å². The Morgan fingerprint density at radius 2 is 1.94 bits per heavy atom. The largest absolute Gasteiger partial charge is 0.473 e. The molecule has 96 valence electrons. The van der Waals surface area contributed by atoms with E-state index in [2.05, 4.69) is 0 Å². The van der Waals surface area contributed by atoms with E-state index >= 15 is 0 Å². The number of hydrogen-bond donors (Lipinski definition) is 2. The molecule has 0 bridgehead atoms. The molecule has 1 aromatic rings. The molecule has 8 heteroatoms. The quantitative estimate of drug-likeness (QED) is 0.248. The molecular weight excluding hydrogens is 242 g/mol. The number of hydrogen-bond acceptors (Lipinski definition) is 6. The summed E-state index contributed by atoms with van der Waals surface area (Å²) in [6.07, 6.45) is -1.38. The number of Topliss-reactive ketones (excluding diaryl/α,β-unsaturated/α-hetero) is 1. The van der Waals surface area contributed by atoms with Crippen molar-refractivity contribution in [1.29, 1.82) is 0 Å². The Labute approximate surface area is 102 Å². The van der Waals surface area contributed by atoms with Gasteiger partial charge < -0.3 is 4.74 Å². The minimum absolute atomic E-state index is 0.120. The van der Waals surface area contributed by atoms with Crippen molar-refractivity contribution < 1.29 is 19.2 Å². The Bertz CT molecular complexity index is 471. The van der Waals surface area contributed by atoms with Crippen LogP contribution in [-0.4, -0.2) is 22.7 Å². The lowest BCUT2D eigenvalue weighted by molar-refractivity contribution is -0.384. The van der Waals surface area contributed by atoms with Gasteiger partial charge in [-0.05, 0) is 19.1 Å². The van der Waals surface area contributed by atoms with E-state index in [9.17, 15) is 19.7 Å². The van der Waals surface area contributed by atoms with Gasteiger partial charge in [0, 0.05) is 12.1 Å². The molecule has 0 aliphatic rings. The molecule has 0 aliphatic carbocycles. The number of ketones is 1. The maximum absolute atomic E-state index is 11.2. The zero-order valence-electron chi connectivity index (χ0n) is 9.45. The van der Waals surface area contributed by atoms with E-state index in [0.717, 1.165) is 0 Å². The number of carbonyl (C=O) groups excluding carboxylic acids is 2. The zero-order chi connectivity index (χ0) is 13.7. The van der Waals surface area contributed by atoms with E-state index in [1.54, 1.807) is 5.43 Å². The van der Waals surface area contributed by atoms with Crippen molar-refractivity contribution in [2.24, 2.45) is 5.84 Å². The van der Waals surface area contributed by atoms with Crippen LogP contribution in [0.5, 0.6) is 5.75 Å². The third-order valence-electron chi connectivity index (χ3n) is 2.05. The van der Waals surface area contributed by atoms with Crippen LogP contribution in [0.3, 0.4) is 0 Å². The lowest BCUT2D eigenvalue weighted by Crippen LogP contribution is -2.45. The lowest BCUT2D eigenvalue weighted by Gasteiger charge is -2.14. The molecule has 1 aromatic carbocycles. The SMILES string of the molecule is CC(=O)C(Oc1ccc([N+](=O)[O-])cc1)C(=O)NN. The van der Waals surface area contributed by atoms with E-state index in [0.29, 0.717) is 0 Å². The number of non-ortho nitro benzene ring substituents is 1. The highest BCUT2D eigenvalue weighted by Crippen LogP contribution is 2.18. The van der Waals surface area contributed by atoms with Crippen molar-refractivity contribution in [3.05, 3.63) is 34.4 Å². The van der Waals surface area contributed by atoms with Crippen LogP contribution in [0.25, 0.3) is 0 Å². The van der Waals surface area contributed by atoms with E-state index in [4.69, 9.17) is 10.6 Å². The zero-order valence-corrected chi connectivity index (χ0v) is 9.45. The molecule has 0 heterocycles. The number of nitro benzene ring substituents is 1. The number of nitrogens with zero attached hydrogens (tertiary/aromatic N) is 1. The first-order chi connectivity index (χ1) is 8.45. The first-order valence-electron chi connectivity index (χ1n) is 4.87. The molecule has 1 unspecified atom stereocenters. The fraction of sp³-hybridized carbons (Fsp3) is 0.200. The molecule has 1 rings (SSSR count). The number of nitro groups is 1. The van der Waals surface area contributed by atoms with Crippen LogP contribution in [0.1, 0.15) is 6.92 Å². The summed E-state index contributed by atoms with van der Waals surface area (Å²) in [6, 6.07) is 4.98. The van der Waals surface area contributed by atoms with Crippen LogP contribution in [-0.2, 0) is 9.59 Å². The normalized spacial score (nSPS) is 11.4. The molecule has 18 heavy (non-hydrogen) atoms. The second kappa shape index (κ2) is 5.73. The van der Waals surface area contributed by atoms with Crippen LogP contribution in [0, 0.1) is 10.1 Å². The number of ether oxygens (including phenoxy) is 1. The average Bonchev–Trinajstić information content (AvgIpc) is 2.35. The summed E-state index contributed by atoms with van der Waals surface area (Å²) in [5, 5.41) is 10.4. The number of carbonyl (C=O) groups is 2. The molecule has 0 radical (unpaired) electrons. The van der Waals surface area contributed by atoms with Crippen molar-refractivity contribution in [3.8, 4) is 5.75 Å². The van der Waals surface area contributed by atoms with Crippen LogP contribution >= 0.6 is 0 Å². The summed E-state index contributed by atoms with van der Waals surface area (Å²) in [6.45, 7) is 1.17. The molecule has 0 saturated heterocycles. The first kappa shape index (κ1) is 13.6. The molecule has 0 spiro atoms. The number of benzene rings is 1. The smallest absolute Gasteiger partial charge is 0.282 e.